The molecule has 0 radical (unpaired) electrons. The van der Waals surface area contributed by atoms with Gasteiger partial charge in [0.25, 0.3) is 0 Å². The summed E-state index contributed by atoms with van der Waals surface area (Å²) in [4.78, 5) is 23.8. The highest BCUT2D eigenvalue weighted by atomic mass is 19.1. The average molecular weight is 443 g/mol. The molecule has 1 aromatic carbocycles. The van der Waals surface area contributed by atoms with E-state index in [0.717, 1.165) is 5.56 Å². The summed E-state index contributed by atoms with van der Waals surface area (Å²) in [5.41, 5.74) is 7.37. The Hall–Kier alpha value is -3.08. The van der Waals surface area contributed by atoms with Crippen LogP contribution in [0, 0.1) is 12.7 Å². The second-order valence-corrected chi connectivity index (χ2v) is 8.09. The van der Waals surface area contributed by atoms with Crippen LogP contribution < -0.4 is 15.8 Å². The fraction of sp³-hybridized carbons (Fsp3) is 0.409. The topological polar surface area (TPSA) is 135 Å². The number of carbonyl (C=O) groups excluding carboxylic acids is 1. The van der Waals surface area contributed by atoms with Gasteiger partial charge in [-0.25, -0.2) is 14.4 Å². The number of aliphatic hydroxyl groups is 1. The monoisotopic (exact) mass is 443 g/mol. The van der Waals surface area contributed by atoms with Gasteiger partial charge in [0.1, 0.15) is 12.0 Å². The summed E-state index contributed by atoms with van der Waals surface area (Å²) >= 11 is 0. The van der Waals surface area contributed by atoms with E-state index < -0.39 is 23.3 Å². The molecule has 0 bridgehead atoms. The molecule has 0 aliphatic carbocycles. The first-order chi connectivity index (χ1) is 15.4. The van der Waals surface area contributed by atoms with Gasteiger partial charge in [0.2, 0.25) is 11.8 Å². The fourth-order valence-electron chi connectivity index (χ4n) is 3.80. The van der Waals surface area contributed by atoms with Crippen molar-refractivity contribution >= 4 is 16.9 Å². The van der Waals surface area contributed by atoms with Crippen LogP contribution in [0.3, 0.4) is 0 Å². The number of ether oxygens (including phenoxy) is 2. The number of H-pyrrole nitrogens is 1. The minimum absolute atomic E-state index is 0.00816. The number of aryl methyl sites for hydroxylation is 1. The molecule has 170 valence electrons. The Morgan fingerprint density at radius 2 is 2.19 bits per heavy atom. The van der Waals surface area contributed by atoms with E-state index >= 15 is 0 Å². The van der Waals surface area contributed by atoms with Crippen LogP contribution in [0.2, 0.25) is 0 Å². The van der Waals surface area contributed by atoms with Crippen LogP contribution >= 0.6 is 0 Å². The molecule has 9 nitrogen and oxygen atoms in total. The molecule has 0 saturated carbocycles. The minimum atomic E-state index is -0.892. The van der Waals surface area contributed by atoms with Crippen LogP contribution in [0.15, 0.2) is 30.7 Å². The normalized spacial score (nSPS) is 16.6. The summed E-state index contributed by atoms with van der Waals surface area (Å²) in [5.74, 6) is -0.727. The number of nitrogens with two attached hydrogens (primary N) is 1. The van der Waals surface area contributed by atoms with E-state index in [1.54, 1.807) is 12.3 Å². The Bertz CT molecular complexity index is 1110. The number of fused-ring (bicyclic) bond motifs is 1. The number of aliphatic hydroxyl groups excluding tert-OH is 1. The first-order valence-electron chi connectivity index (χ1n) is 10.4. The summed E-state index contributed by atoms with van der Waals surface area (Å²) in [6.45, 7) is 2.61. The number of hydrogen-bond donors (Lipinski definition) is 4. The second kappa shape index (κ2) is 9.19. The van der Waals surface area contributed by atoms with Crippen molar-refractivity contribution in [2.75, 3.05) is 19.8 Å². The number of amides is 1. The summed E-state index contributed by atoms with van der Waals surface area (Å²) in [6.07, 6.45) is 4.28. The van der Waals surface area contributed by atoms with Crippen molar-refractivity contribution in [2.45, 2.75) is 37.8 Å². The Labute approximate surface area is 184 Å². The molecule has 0 spiro atoms. The van der Waals surface area contributed by atoms with Crippen molar-refractivity contribution in [3.8, 4) is 11.6 Å². The highest BCUT2D eigenvalue weighted by Crippen LogP contribution is 2.30. The van der Waals surface area contributed by atoms with Crippen molar-refractivity contribution in [3.63, 3.8) is 0 Å². The van der Waals surface area contributed by atoms with Gasteiger partial charge in [-0.1, -0.05) is 6.07 Å². The van der Waals surface area contributed by atoms with Crippen LogP contribution in [-0.4, -0.2) is 57.4 Å². The lowest BCUT2D eigenvalue weighted by molar-refractivity contribution is -0.126. The Balaban J connectivity index is 1.44. The highest BCUT2D eigenvalue weighted by Gasteiger charge is 2.34. The predicted molar refractivity (Wildman–Crippen MR) is 115 cm³/mol. The number of rotatable bonds is 7. The van der Waals surface area contributed by atoms with Gasteiger partial charge in [0, 0.05) is 19.4 Å². The lowest BCUT2D eigenvalue weighted by Gasteiger charge is -2.37. The number of benzene rings is 1. The third-order valence-electron chi connectivity index (χ3n) is 5.77. The third kappa shape index (κ3) is 4.57. The highest BCUT2D eigenvalue weighted by molar-refractivity contribution is 5.84. The van der Waals surface area contributed by atoms with E-state index in [2.05, 4.69) is 20.3 Å². The average Bonchev–Trinajstić information content (AvgIpc) is 3.18. The van der Waals surface area contributed by atoms with E-state index in [0.29, 0.717) is 42.7 Å². The Morgan fingerprint density at radius 1 is 1.41 bits per heavy atom. The molecule has 1 aliphatic rings. The molecular weight excluding hydrogens is 417 g/mol. The van der Waals surface area contributed by atoms with Crippen molar-refractivity contribution in [1.29, 1.82) is 0 Å². The van der Waals surface area contributed by atoms with Crippen LogP contribution in [0.5, 0.6) is 11.6 Å². The van der Waals surface area contributed by atoms with Crippen LogP contribution in [-0.2, 0) is 16.0 Å². The van der Waals surface area contributed by atoms with Gasteiger partial charge < -0.3 is 30.6 Å². The number of nitrogens with zero attached hydrogens (tertiary/aromatic N) is 2. The van der Waals surface area contributed by atoms with Crippen LogP contribution in [0.25, 0.3) is 11.0 Å². The number of nitrogens with one attached hydrogen (secondary N) is 2. The molecule has 1 aliphatic heterocycles. The smallest absolute Gasteiger partial charge is 0.237 e. The first kappa shape index (κ1) is 22.1. The Kier molecular flexibility index (Phi) is 6.35. The minimum Gasteiger partial charge on any atom is -0.435 e. The molecule has 1 saturated heterocycles. The van der Waals surface area contributed by atoms with Crippen molar-refractivity contribution in [2.24, 2.45) is 5.73 Å². The van der Waals surface area contributed by atoms with Gasteiger partial charge >= 0.3 is 0 Å². The maximum absolute atomic E-state index is 14.7. The molecule has 4 rings (SSSR count). The first-order valence-corrected chi connectivity index (χ1v) is 10.4. The van der Waals surface area contributed by atoms with E-state index in [1.165, 1.54) is 18.5 Å². The molecule has 1 atom stereocenters. The summed E-state index contributed by atoms with van der Waals surface area (Å²) < 4.78 is 25.7. The summed E-state index contributed by atoms with van der Waals surface area (Å²) in [5, 5.41) is 13.3. The molecule has 3 aromatic rings. The van der Waals surface area contributed by atoms with Gasteiger partial charge in [-0.3, -0.25) is 4.79 Å². The summed E-state index contributed by atoms with van der Waals surface area (Å²) in [6, 6.07) is 3.54. The standard InChI is InChI=1S/C22H26FN5O4/c1-13-10-25-19-18(13)21(27-12-26-19)32-17-3-2-14(8-15(17)23)9-16(24)20(30)28-22(11-29)4-6-31-7-5-22/h2-3,8,10,12,16,29H,4-7,9,11,24H2,1H3,(H,28,30)(H,25,26,27)/t16-/m0/s1. The molecule has 32 heavy (non-hydrogen) atoms. The zero-order valence-corrected chi connectivity index (χ0v) is 17.7. The molecule has 1 amide bonds. The lowest BCUT2D eigenvalue weighted by atomic mass is 9.90. The Morgan fingerprint density at radius 3 is 2.91 bits per heavy atom. The number of aromatic amines is 1. The quantitative estimate of drug-likeness (QED) is 0.437. The van der Waals surface area contributed by atoms with Gasteiger partial charge in [-0.2, -0.15) is 0 Å². The van der Waals surface area contributed by atoms with Crippen LogP contribution in [0.1, 0.15) is 24.0 Å². The van der Waals surface area contributed by atoms with E-state index in [-0.39, 0.29) is 24.7 Å². The van der Waals surface area contributed by atoms with Crippen molar-refractivity contribution in [1.82, 2.24) is 20.3 Å². The zero-order valence-electron chi connectivity index (χ0n) is 17.7. The summed E-state index contributed by atoms with van der Waals surface area (Å²) in [7, 11) is 0. The van der Waals surface area contributed by atoms with Gasteiger partial charge in [0.05, 0.1) is 23.6 Å². The van der Waals surface area contributed by atoms with Crippen molar-refractivity contribution in [3.05, 3.63) is 47.7 Å². The third-order valence-corrected chi connectivity index (χ3v) is 5.77. The van der Waals surface area contributed by atoms with Gasteiger partial charge in [0.15, 0.2) is 11.6 Å². The number of halogens is 1. The molecule has 3 heterocycles. The molecule has 2 aromatic heterocycles. The molecular formula is C22H26FN5O4. The SMILES string of the molecule is Cc1c[nH]c2ncnc(Oc3ccc(C[C@H](N)C(=O)NC4(CO)CCOCC4)cc3F)c12. The van der Waals surface area contributed by atoms with E-state index in [1.807, 2.05) is 6.92 Å². The maximum Gasteiger partial charge on any atom is 0.237 e. The number of hydrogen-bond acceptors (Lipinski definition) is 7. The maximum atomic E-state index is 14.7. The van der Waals surface area contributed by atoms with Crippen LogP contribution in [0.4, 0.5) is 4.39 Å². The number of aromatic nitrogens is 3. The molecule has 5 N–H and O–H groups in total. The molecule has 0 unspecified atom stereocenters. The van der Waals surface area contributed by atoms with Gasteiger partial charge in [-0.05, 0) is 49.4 Å². The second-order valence-electron chi connectivity index (χ2n) is 8.09. The largest absolute Gasteiger partial charge is 0.435 e. The number of carbonyl (C=O) groups is 1. The lowest BCUT2D eigenvalue weighted by Crippen LogP contribution is -2.58. The fourth-order valence-corrected chi connectivity index (χ4v) is 3.80. The van der Waals surface area contributed by atoms with E-state index in [4.69, 9.17) is 15.2 Å². The van der Waals surface area contributed by atoms with Crippen molar-refractivity contribution < 1.29 is 23.8 Å². The zero-order chi connectivity index (χ0) is 22.7. The predicted octanol–water partition coefficient (Wildman–Crippen LogP) is 1.73. The molecule has 10 heteroatoms. The van der Waals surface area contributed by atoms with E-state index in [9.17, 15) is 14.3 Å². The molecule has 1 fully saturated rings. The van der Waals surface area contributed by atoms with Gasteiger partial charge in [-0.15, -0.1) is 0 Å².